The molecule has 0 radical (unpaired) electrons. The fourth-order valence-electron chi connectivity index (χ4n) is 4.11. The molecule has 1 heterocycles. The molecule has 28 heavy (non-hydrogen) atoms. The first-order chi connectivity index (χ1) is 13.5. The average molecular weight is 386 g/mol. The Labute approximate surface area is 166 Å². The van der Waals surface area contributed by atoms with Gasteiger partial charge in [0.05, 0.1) is 12.5 Å². The number of likely N-dealkylation sites (tertiary alicyclic amines) is 1. The summed E-state index contributed by atoms with van der Waals surface area (Å²) in [5.74, 6) is -0.814. The number of hydrogen-bond donors (Lipinski definition) is 2. The third-order valence-corrected chi connectivity index (χ3v) is 5.90. The van der Waals surface area contributed by atoms with Crippen LogP contribution in [0.15, 0.2) is 24.3 Å². The summed E-state index contributed by atoms with van der Waals surface area (Å²) in [5, 5.41) is 2.96. The number of carbonyl (C=O) groups excluding carboxylic acids is 3. The van der Waals surface area contributed by atoms with Crippen molar-refractivity contribution in [3.05, 3.63) is 29.8 Å². The van der Waals surface area contributed by atoms with Gasteiger partial charge in [-0.05, 0) is 63.0 Å². The molecule has 7 heteroatoms. The van der Waals surface area contributed by atoms with Gasteiger partial charge in [-0.3, -0.25) is 19.3 Å². The van der Waals surface area contributed by atoms with Gasteiger partial charge >= 0.3 is 0 Å². The van der Waals surface area contributed by atoms with E-state index < -0.39 is 0 Å². The van der Waals surface area contributed by atoms with E-state index in [1.165, 1.54) is 0 Å². The largest absolute Gasteiger partial charge is 0.369 e. The minimum atomic E-state index is -0.349. The lowest BCUT2D eigenvalue weighted by Gasteiger charge is -2.30. The SMILES string of the molecule is CN(C(=O)CN1CCCC1)c1ccc(C(=O)NC2CCCCC2C(N)=O)cc1. The lowest BCUT2D eigenvalue weighted by atomic mass is 9.84. The van der Waals surface area contributed by atoms with E-state index in [0.717, 1.165) is 57.3 Å². The van der Waals surface area contributed by atoms with Crippen LogP contribution in [-0.2, 0) is 9.59 Å². The van der Waals surface area contributed by atoms with Crippen LogP contribution in [0.1, 0.15) is 48.9 Å². The number of rotatable bonds is 6. The first-order valence-electron chi connectivity index (χ1n) is 10.1. The van der Waals surface area contributed by atoms with Crippen molar-refractivity contribution < 1.29 is 14.4 Å². The molecule has 152 valence electrons. The predicted octanol–water partition coefficient (Wildman–Crippen LogP) is 1.52. The van der Waals surface area contributed by atoms with E-state index in [2.05, 4.69) is 10.2 Å². The molecule has 3 rings (SSSR count). The topological polar surface area (TPSA) is 95.7 Å². The first-order valence-corrected chi connectivity index (χ1v) is 10.1. The standard InChI is InChI=1S/C21H30N4O3/c1-24(19(26)14-25-12-4-5-13-25)16-10-8-15(9-11-16)21(28)23-18-7-3-2-6-17(18)20(22)27/h8-11,17-18H,2-7,12-14H2,1H3,(H2,22,27)(H,23,28). The normalized spacial score (nSPS) is 22.6. The zero-order chi connectivity index (χ0) is 20.1. The minimum Gasteiger partial charge on any atom is -0.369 e. The minimum absolute atomic E-state index is 0.0469. The van der Waals surface area contributed by atoms with Crippen molar-refractivity contribution in [3.63, 3.8) is 0 Å². The highest BCUT2D eigenvalue weighted by Crippen LogP contribution is 2.24. The van der Waals surface area contributed by atoms with Crippen LogP contribution in [0, 0.1) is 5.92 Å². The van der Waals surface area contributed by atoms with Gasteiger partial charge in [0.2, 0.25) is 11.8 Å². The van der Waals surface area contributed by atoms with Gasteiger partial charge in [0.25, 0.3) is 5.91 Å². The number of nitrogens with two attached hydrogens (primary N) is 1. The molecule has 1 aliphatic heterocycles. The molecular formula is C21H30N4O3. The lowest BCUT2D eigenvalue weighted by Crippen LogP contribution is -2.47. The van der Waals surface area contributed by atoms with Crippen LogP contribution in [0.3, 0.4) is 0 Å². The second-order valence-corrected chi connectivity index (χ2v) is 7.86. The number of nitrogens with one attached hydrogen (secondary N) is 1. The van der Waals surface area contributed by atoms with E-state index in [1.54, 1.807) is 36.2 Å². The molecule has 3 N–H and O–H groups in total. The number of anilines is 1. The van der Waals surface area contributed by atoms with E-state index in [1.807, 2.05) is 0 Å². The monoisotopic (exact) mass is 386 g/mol. The molecule has 3 amide bonds. The molecule has 1 aliphatic carbocycles. The van der Waals surface area contributed by atoms with Gasteiger partial charge in [-0.1, -0.05) is 12.8 Å². The van der Waals surface area contributed by atoms with Crippen molar-refractivity contribution in [2.24, 2.45) is 11.7 Å². The molecule has 1 saturated carbocycles. The van der Waals surface area contributed by atoms with Gasteiger partial charge in [-0.2, -0.15) is 0 Å². The summed E-state index contributed by atoms with van der Waals surface area (Å²) in [5.41, 5.74) is 6.75. The van der Waals surface area contributed by atoms with Crippen LogP contribution in [0.4, 0.5) is 5.69 Å². The maximum absolute atomic E-state index is 12.6. The fourth-order valence-corrected chi connectivity index (χ4v) is 4.11. The summed E-state index contributed by atoms with van der Waals surface area (Å²) >= 11 is 0. The zero-order valence-electron chi connectivity index (χ0n) is 16.5. The highest BCUT2D eigenvalue weighted by atomic mass is 16.2. The second-order valence-electron chi connectivity index (χ2n) is 7.86. The average Bonchev–Trinajstić information content (AvgIpc) is 3.20. The Morgan fingerprint density at radius 1 is 1.07 bits per heavy atom. The molecule has 0 aromatic heterocycles. The summed E-state index contributed by atoms with van der Waals surface area (Å²) in [7, 11) is 1.76. The second kappa shape index (κ2) is 9.19. The molecule has 1 saturated heterocycles. The lowest BCUT2D eigenvalue weighted by molar-refractivity contribution is -0.123. The Balaban J connectivity index is 1.58. The first kappa shape index (κ1) is 20.3. The fraction of sp³-hybridized carbons (Fsp3) is 0.571. The maximum Gasteiger partial charge on any atom is 0.251 e. The molecule has 2 atom stereocenters. The van der Waals surface area contributed by atoms with E-state index in [-0.39, 0.29) is 29.7 Å². The quantitative estimate of drug-likeness (QED) is 0.775. The molecule has 7 nitrogen and oxygen atoms in total. The molecule has 2 unspecified atom stereocenters. The number of likely N-dealkylation sites (N-methyl/N-ethyl adjacent to an activating group) is 1. The Morgan fingerprint density at radius 2 is 1.71 bits per heavy atom. The molecule has 1 aromatic carbocycles. The Bertz CT molecular complexity index is 713. The third-order valence-electron chi connectivity index (χ3n) is 5.90. The maximum atomic E-state index is 12.6. The van der Waals surface area contributed by atoms with Crippen LogP contribution in [-0.4, -0.2) is 55.3 Å². The number of benzene rings is 1. The van der Waals surface area contributed by atoms with E-state index in [0.29, 0.717) is 12.1 Å². The highest BCUT2D eigenvalue weighted by Gasteiger charge is 2.30. The van der Waals surface area contributed by atoms with Crippen LogP contribution in [0.5, 0.6) is 0 Å². The van der Waals surface area contributed by atoms with E-state index >= 15 is 0 Å². The zero-order valence-corrected chi connectivity index (χ0v) is 16.5. The van der Waals surface area contributed by atoms with Crippen molar-refractivity contribution in [3.8, 4) is 0 Å². The van der Waals surface area contributed by atoms with Gasteiger partial charge in [0.15, 0.2) is 0 Å². The number of carbonyl (C=O) groups is 3. The van der Waals surface area contributed by atoms with Gasteiger partial charge in [-0.25, -0.2) is 0 Å². The van der Waals surface area contributed by atoms with Gasteiger partial charge < -0.3 is 16.0 Å². The molecular weight excluding hydrogens is 356 g/mol. The van der Waals surface area contributed by atoms with Crippen LogP contribution >= 0.6 is 0 Å². The number of amides is 3. The van der Waals surface area contributed by atoms with Crippen molar-refractivity contribution in [2.75, 3.05) is 31.6 Å². The summed E-state index contributed by atoms with van der Waals surface area (Å²) in [6, 6.07) is 6.79. The number of nitrogens with zero attached hydrogens (tertiary/aromatic N) is 2. The Hall–Kier alpha value is -2.41. The molecule has 0 spiro atoms. The summed E-state index contributed by atoms with van der Waals surface area (Å²) in [6.07, 6.45) is 5.75. The van der Waals surface area contributed by atoms with Gasteiger partial charge in [0.1, 0.15) is 0 Å². The Kier molecular flexibility index (Phi) is 6.67. The smallest absolute Gasteiger partial charge is 0.251 e. The van der Waals surface area contributed by atoms with Gasteiger partial charge in [-0.15, -0.1) is 0 Å². The molecule has 2 aliphatic rings. The summed E-state index contributed by atoms with van der Waals surface area (Å²) in [4.78, 5) is 40.4. The van der Waals surface area contributed by atoms with Crippen molar-refractivity contribution in [1.82, 2.24) is 10.2 Å². The van der Waals surface area contributed by atoms with Crippen molar-refractivity contribution in [2.45, 2.75) is 44.6 Å². The van der Waals surface area contributed by atoms with Gasteiger partial charge in [0, 0.05) is 24.3 Å². The Morgan fingerprint density at radius 3 is 2.36 bits per heavy atom. The molecule has 2 fully saturated rings. The van der Waals surface area contributed by atoms with Crippen LogP contribution in [0.25, 0.3) is 0 Å². The predicted molar refractivity (Wildman–Crippen MR) is 108 cm³/mol. The highest BCUT2D eigenvalue weighted by molar-refractivity contribution is 5.97. The van der Waals surface area contributed by atoms with Crippen molar-refractivity contribution in [1.29, 1.82) is 0 Å². The van der Waals surface area contributed by atoms with E-state index in [4.69, 9.17) is 5.73 Å². The summed E-state index contributed by atoms with van der Waals surface area (Å²) < 4.78 is 0. The number of hydrogen-bond acceptors (Lipinski definition) is 4. The molecule has 1 aromatic rings. The van der Waals surface area contributed by atoms with Crippen molar-refractivity contribution >= 4 is 23.4 Å². The summed E-state index contributed by atoms with van der Waals surface area (Å²) in [6.45, 7) is 2.38. The molecule has 0 bridgehead atoms. The van der Waals surface area contributed by atoms with E-state index in [9.17, 15) is 14.4 Å². The third kappa shape index (κ3) is 4.90. The van der Waals surface area contributed by atoms with Crippen LogP contribution < -0.4 is 16.0 Å². The number of primary amides is 1. The van der Waals surface area contributed by atoms with Crippen LogP contribution in [0.2, 0.25) is 0 Å².